The van der Waals surface area contributed by atoms with Gasteiger partial charge in [-0.2, -0.15) is 13.2 Å². The van der Waals surface area contributed by atoms with Crippen LogP contribution in [0.15, 0.2) is 24.3 Å². The quantitative estimate of drug-likeness (QED) is 0.714. The molecule has 3 N–H and O–H groups in total. The molecule has 0 aliphatic rings. The maximum Gasteiger partial charge on any atom is 0.416 e. The lowest BCUT2D eigenvalue weighted by atomic mass is 10.1. The van der Waals surface area contributed by atoms with Crippen LogP contribution in [0.5, 0.6) is 0 Å². The van der Waals surface area contributed by atoms with E-state index in [0.29, 0.717) is 0 Å². The van der Waals surface area contributed by atoms with E-state index in [1.165, 1.54) is 19.2 Å². The molecule has 0 bridgehead atoms. The summed E-state index contributed by atoms with van der Waals surface area (Å²) in [5, 5.41) is 14.1. The summed E-state index contributed by atoms with van der Waals surface area (Å²) in [6, 6.07) is 4.07. The van der Waals surface area contributed by atoms with Crippen LogP contribution in [0.3, 0.4) is 0 Å². The first kappa shape index (κ1) is 18.8. The molecule has 0 aliphatic heterocycles. The van der Waals surface area contributed by atoms with Crippen LogP contribution in [0, 0.1) is 11.8 Å². The van der Waals surface area contributed by atoms with Crippen molar-refractivity contribution in [2.45, 2.75) is 12.3 Å². The molecule has 0 radical (unpaired) electrons. The fourth-order valence-electron chi connectivity index (χ4n) is 1.57. The third-order valence-corrected chi connectivity index (χ3v) is 2.62. The summed E-state index contributed by atoms with van der Waals surface area (Å²) in [6.07, 6.45) is -5.24. The van der Waals surface area contributed by atoms with Gasteiger partial charge in [0.1, 0.15) is 0 Å². The van der Waals surface area contributed by atoms with E-state index in [1.54, 1.807) is 0 Å². The third kappa shape index (κ3) is 7.54. The molecule has 0 aliphatic carbocycles. The lowest BCUT2D eigenvalue weighted by molar-refractivity contribution is -0.137. The van der Waals surface area contributed by atoms with Crippen LogP contribution in [-0.2, 0) is 10.9 Å². The maximum atomic E-state index is 12.5. The molecule has 0 saturated carbocycles. The van der Waals surface area contributed by atoms with Crippen molar-refractivity contribution in [2.24, 2.45) is 0 Å². The van der Waals surface area contributed by atoms with E-state index < -0.39 is 23.9 Å². The summed E-state index contributed by atoms with van der Waals surface area (Å²) in [5.74, 6) is 5.08. The summed E-state index contributed by atoms with van der Waals surface area (Å²) < 4.78 is 42.3. The zero-order valence-corrected chi connectivity index (χ0v) is 12.4. The van der Waals surface area contributed by atoms with Gasteiger partial charge in [0.25, 0.3) is 0 Å². The number of aliphatic hydroxyl groups excluding tert-OH is 1. The molecule has 1 aromatic carbocycles. The normalized spacial score (nSPS) is 12.0. The van der Waals surface area contributed by atoms with Gasteiger partial charge in [-0.25, -0.2) is 4.79 Å². The summed E-state index contributed by atoms with van der Waals surface area (Å²) >= 11 is 0. The van der Waals surface area contributed by atoms with Gasteiger partial charge in [0.15, 0.2) is 0 Å². The molecule has 0 spiro atoms. The van der Waals surface area contributed by atoms with Crippen LogP contribution < -0.4 is 10.6 Å². The Morgan fingerprint density at radius 3 is 2.78 bits per heavy atom. The third-order valence-electron chi connectivity index (χ3n) is 2.62. The van der Waals surface area contributed by atoms with Gasteiger partial charge < -0.3 is 20.5 Å². The molecular weight excluding hydrogens is 313 g/mol. The Morgan fingerprint density at radius 1 is 1.39 bits per heavy atom. The number of ether oxygens (including phenoxy) is 1. The van der Waals surface area contributed by atoms with Gasteiger partial charge >= 0.3 is 12.2 Å². The summed E-state index contributed by atoms with van der Waals surface area (Å²) in [5.41, 5.74) is -0.570. The number of hydrogen-bond acceptors (Lipinski definition) is 3. The average molecular weight is 330 g/mol. The van der Waals surface area contributed by atoms with Crippen LogP contribution in [0.4, 0.5) is 18.0 Å². The van der Waals surface area contributed by atoms with E-state index >= 15 is 0 Å². The molecule has 2 amide bonds. The first-order valence-corrected chi connectivity index (χ1v) is 6.67. The minimum absolute atomic E-state index is 0.0146. The van der Waals surface area contributed by atoms with Crippen LogP contribution in [0.25, 0.3) is 0 Å². The molecule has 8 heteroatoms. The van der Waals surface area contributed by atoms with Gasteiger partial charge in [-0.3, -0.25) is 0 Å². The van der Waals surface area contributed by atoms with Gasteiger partial charge in [-0.05, 0) is 18.2 Å². The number of rotatable bonds is 5. The number of aliphatic hydroxyl groups is 1. The number of nitrogens with one attached hydrogen (secondary N) is 2. The number of urea groups is 1. The van der Waals surface area contributed by atoms with Crippen molar-refractivity contribution in [3.8, 4) is 11.8 Å². The first-order valence-electron chi connectivity index (χ1n) is 6.67. The largest absolute Gasteiger partial charge is 0.416 e. The number of hydrogen-bond donors (Lipinski definition) is 3. The molecule has 0 heterocycles. The number of alkyl halides is 3. The molecule has 1 aromatic rings. The topological polar surface area (TPSA) is 70.6 Å². The zero-order valence-electron chi connectivity index (χ0n) is 12.4. The Morgan fingerprint density at radius 2 is 2.13 bits per heavy atom. The van der Waals surface area contributed by atoms with E-state index in [0.717, 1.165) is 12.1 Å². The minimum atomic E-state index is -4.42. The molecule has 1 rings (SSSR count). The number of carbonyl (C=O) groups is 1. The molecule has 1 unspecified atom stereocenters. The number of amides is 2. The Bertz CT molecular complexity index is 579. The van der Waals surface area contributed by atoms with Gasteiger partial charge in [-0.1, -0.05) is 17.9 Å². The molecule has 23 heavy (non-hydrogen) atoms. The summed E-state index contributed by atoms with van der Waals surface area (Å²) in [6.45, 7) is 0.0683. The highest BCUT2D eigenvalue weighted by atomic mass is 19.4. The van der Waals surface area contributed by atoms with Gasteiger partial charge in [-0.15, -0.1) is 0 Å². The van der Waals surface area contributed by atoms with Gasteiger partial charge in [0, 0.05) is 19.2 Å². The van der Waals surface area contributed by atoms with E-state index in [4.69, 9.17) is 4.74 Å². The van der Waals surface area contributed by atoms with E-state index in [-0.39, 0.29) is 25.3 Å². The number of benzene rings is 1. The average Bonchev–Trinajstić information content (AvgIpc) is 2.49. The van der Waals surface area contributed by atoms with Crippen molar-refractivity contribution < 1.29 is 27.8 Å². The van der Waals surface area contributed by atoms with Crippen molar-refractivity contribution in [1.82, 2.24) is 10.6 Å². The highest BCUT2D eigenvalue weighted by Crippen LogP contribution is 2.29. The number of halogens is 3. The SMILES string of the molecule is COCC(O)CNC(=O)NCC#Cc1cccc(C(F)(F)F)c1. The van der Waals surface area contributed by atoms with E-state index in [1.807, 2.05) is 0 Å². The molecule has 0 saturated heterocycles. The first-order chi connectivity index (χ1) is 10.8. The van der Waals surface area contributed by atoms with Crippen LogP contribution in [0.1, 0.15) is 11.1 Å². The monoisotopic (exact) mass is 330 g/mol. The second-order valence-electron chi connectivity index (χ2n) is 4.55. The molecule has 1 atom stereocenters. The second-order valence-corrected chi connectivity index (χ2v) is 4.55. The Kier molecular flexibility index (Phi) is 7.38. The van der Waals surface area contributed by atoms with Crippen LogP contribution in [-0.4, -0.2) is 44.0 Å². The van der Waals surface area contributed by atoms with Crippen molar-refractivity contribution in [1.29, 1.82) is 0 Å². The Balaban J connectivity index is 2.42. The lowest BCUT2D eigenvalue weighted by Crippen LogP contribution is -2.40. The van der Waals surface area contributed by atoms with Crippen LogP contribution in [0.2, 0.25) is 0 Å². The van der Waals surface area contributed by atoms with Crippen molar-refractivity contribution >= 4 is 6.03 Å². The fraction of sp³-hybridized carbons (Fsp3) is 0.400. The summed E-state index contributed by atoms with van der Waals surface area (Å²) in [4.78, 5) is 11.4. The fourth-order valence-corrected chi connectivity index (χ4v) is 1.57. The standard InChI is InChI=1S/C15H17F3N2O3/c1-23-10-13(21)9-20-14(22)19-7-3-5-11-4-2-6-12(8-11)15(16,17)18/h2,4,6,8,13,21H,7,9-10H2,1H3,(H2,19,20,22). The van der Waals surface area contributed by atoms with Gasteiger partial charge in [0.05, 0.1) is 24.8 Å². The smallest absolute Gasteiger partial charge is 0.389 e. The maximum absolute atomic E-state index is 12.5. The van der Waals surface area contributed by atoms with Crippen LogP contribution >= 0.6 is 0 Å². The number of methoxy groups -OCH3 is 1. The lowest BCUT2D eigenvalue weighted by Gasteiger charge is -2.10. The minimum Gasteiger partial charge on any atom is -0.389 e. The van der Waals surface area contributed by atoms with E-state index in [9.17, 15) is 23.1 Å². The molecule has 5 nitrogen and oxygen atoms in total. The molecular formula is C15H17F3N2O3. The highest BCUT2D eigenvalue weighted by Gasteiger charge is 2.30. The Hall–Kier alpha value is -2.24. The van der Waals surface area contributed by atoms with Crippen molar-refractivity contribution in [3.63, 3.8) is 0 Å². The predicted molar refractivity (Wildman–Crippen MR) is 77.6 cm³/mol. The number of carbonyl (C=O) groups excluding carboxylic acids is 1. The second kappa shape index (κ2) is 9.02. The Labute approximate surface area is 131 Å². The predicted octanol–water partition coefficient (Wildman–Crippen LogP) is 1.36. The molecule has 0 fully saturated rings. The molecule has 0 aromatic heterocycles. The van der Waals surface area contributed by atoms with Gasteiger partial charge in [0.2, 0.25) is 0 Å². The molecule has 126 valence electrons. The highest BCUT2D eigenvalue weighted by molar-refractivity contribution is 5.74. The summed E-state index contributed by atoms with van der Waals surface area (Å²) in [7, 11) is 1.42. The van der Waals surface area contributed by atoms with Crippen molar-refractivity contribution in [2.75, 3.05) is 26.8 Å². The van der Waals surface area contributed by atoms with E-state index in [2.05, 4.69) is 22.5 Å². The zero-order chi connectivity index (χ0) is 17.3. The van der Waals surface area contributed by atoms with Crippen molar-refractivity contribution in [3.05, 3.63) is 35.4 Å².